The summed E-state index contributed by atoms with van der Waals surface area (Å²) in [6.07, 6.45) is 0. The number of hydrogen-bond donors (Lipinski definition) is 0. The molecule has 0 N–H and O–H groups in total. The van der Waals surface area contributed by atoms with Crippen molar-refractivity contribution in [3.8, 4) is 11.6 Å². The normalized spacial score (nSPS) is 10.5. The average Bonchev–Trinajstić information content (AvgIpc) is 2.29. The van der Waals surface area contributed by atoms with Crippen LogP contribution in [0.3, 0.4) is 0 Å². The zero-order valence-electron chi connectivity index (χ0n) is 8.55. The zero-order chi connectivity index (χ0) is 13.3. The maximum Gasteiger partial charge on any atom is 0.239 e. The van der Waals surface area contributed by atoms with E-state index >= 15 is 0 Å². The van der Waals surface area contributed by atoms with E-state index in [9.17, 15) is 0 Å². The van der Waals surface area contributed by atoms with Gasteiger partial charge in [0.1, 0.15) is 10.8 Å². The first-order chi connectivity index (χ1) is 8.47. The number of ether oxygens (including phenoxy) is 1. The summed E-state index contributed by atoms with van der Waals surface area (Å²) in [4.78, 5) is 3.94. The molecular formula is C11H4BrCl4NO. The molecule has 0 bridgehead atoms. The van der Waals surface area contributed by atoms with E-state index in [-0.39, 0.29) is 21.1 Å². The quantitative estimate of drug-likeness (QED) is 0.568. The number of aromatic nitrogens is 1. The van der Waals surface area contributed by atoms with Crippen LogP contribution in [0, 0.1) is 0 Å². The van der Waals surface area contributed by atoms with Crippen molar-refractivity contribution in [3.05, 3.63) is 49.0 Å². The van der Waals surface area contributed by atoms with Gasteiger partial charge in [0.05, 0.1) is 10.0 Å². The molecule has 1 heterocycles. The molecule has 0 atom stereocenters. The van der Waals surface area contributed by atoms with Crippen LogP contribution < -0.4 is 4.74 Å². The Labute approximate surface area is 132 Å². The summed E-state index contributed by atoms with van der Waals surface area (Å²) in [5.41, 5.74) is 0. The van der Waals surface area contributed by atoms with Gasteiger partial charge in [0.25, 0.3) is 0 Å². The monoisotopic (exact) mass is 385 g/mol. The summed E-state index contributed by atoms with van der Waals surface area (Å²) in [6, 6.07) is 6.63. The number of rotatable bonds is 2. The van der Waals surface area contributed by atoms with Gasteiger partial charge in [-0.05, 0) is 24.3 Å². The van der Waals surface area contributed by atoms with Crippen molar-refractivity contribution in [2.75, 3.05) is 0 Å². The lowest BCUT2D eigenvalue weighted by Gasteiger charge is -2.09. The van der Waals surface area contributed by atoms with Crippen molar-refractivity contribution in [2.24, 2.45) is 0 Å². The summed E-state index contributed by atoms with van der Waals surface area (Å²) in [6.45, 7) is 0. The lowest BCUT2D eigenvalue weighted by Crippen LogP contribution is -1.91. The Morgan fingerprint density at radius 3 is 2.33 bits per heavy atom. The standard InChI is InChI=1S/C11H4BrCl4NO/c12-5-1-2-9(6(13)3-5)18-11-8(15)4-7(14)10(16)17-11/h1-4H. The molecule has 0 aliphatic carbocycles. The van der Waals surface area contributed by atoms with Crippen LogP contribution in [0.2, 0.25) is 20.2 Å². The Bertz CT molecular complexity index is 606. The van der Waals surface area contributed by atoms with Gasteiger partial charge in [-0.15, -0.1) is 0 Å². The molecule has 18 heavy (non-hydrogen) atoms. The molecule has 0 aliphatic rings. The molecule has 1 aromatic carbocycles. The van der Waals surface area contributed by atoms with Crippen LogP contribution in [-0.2, 0) is 0 Å². The summed E-state index contributed by atoms with van der Waals surface area (Å²) in [5, 5.41) is 1.05. The molecule has 0 aliphatic heterocycles. The van der Waals surface area contributed by atoms with Gasteiger partial charge in [0.15, 0.2) is 5.15 Å². The van der Waals surface area contributed by atoms with Gasteiger partial charge < -0.3 is 4.74 Å². The van der Waals surface area contributed by atoms with Crippen LogP contribution in [0.1, 0.15) is 0 Å². The van der Waals surface area contributed by atoms with Gasteiger partial charge in [-0.3, -0.25) is 0 Å². The van der Waals surface area contributed by atoms with Crippen LogP contribution in [0.25, 0.3) is 0 Å². The molecular weight excluding hydrogens is 384 g/mol. The molecule has 2 nitrogen and oxygen atoms in total. The highest BCUT2D eigenvalue weighted by molar-refractivity contribution is 9.10. The minimum Gasteiger partial charge on any atom is -0.436 e. The highest BCUT2D eigenvalue weighted by atomic mass is 79.9. The van der Waals surface area contributed by atoms with Crippen molar-refractivity contribution in [1.82, 2.24) is 4.98 Å². The Hall–Kier alpha value is -0.190. The van der Waals surface area contributed by atoms with Crippen molar-refractivity contribution >= 4 is 62.3 Å². The first-order valence-corrected chi connectivity index (χ1v) is 6.92. The molecule has 0 saturated heterocycles. The maximum atomic E-state index is 6.02. The van der Waals surface area contributed by atoms with Crippen LogP contribution >= 0.6 is 62.3 Å². The van der Waals surface area contributed by atoms with E-state index in [0.717, 1.165) is 4.47 Å². The summed E-state index contributed by atoms with van der Waals surface area (Å²) < 4.78 is 6.33. The van der Waals surface area contributed by atoms with Crippen LogP contribution in [0.5, 0.6) is 11.6 Å². The van der Waals surface area contributed by atoms with Gasteiger partial charge in [0.2, 0.25) is 5.88 Å². The molecule has 0 saturated carbocycles. The first kappa shape index (κ1) is 14.2. The van der Waals surface area contributed by atoms with Crippen LogP contribution in [0.15, 0.2) is 28.7 Å². The molecule has 94 valence electrons. The predicted molar refractivity (Wildman–Crippen MR) is 78.5 cm³/mol. The number of benzene rings is 1. The van der Waals surface area contributed by atoms with E-state index in [1.54, 1.807) is 18.2 Å². The minimum atomic E-state index is 0.115. The Morgan fingerprint density at radius 1 is 0.944 bits per heavy atom. The fourth-order valence-corrected chi connectivity index (χ4v) is 2.40. The number of halogens is 5. The molecule has 2 rings (SSSR count). The smallest absolute Gasteiger partial charge is 0.239 e. The maximum absolute atomic E-state index is 6.02. The highest BCUT2D eigenvalue weighted by Gasteiger charge is 2.11. The lowest BCUT2D eigenvalue weighted by atomic mass is 10.3. The van der Waals surface area contributed by atoms with Crippen molar-refractivity contribution in [2.45, 2.75) is 0 Å². The van der Waals surface area contributed by atoms with Gasteiger partial charge in [0, 0.05) is 4.47 Å². The van der Waals surface area contributed by atoms with E-state index in [4.69, 9.17) is 51.1 Å². The van der Waals surface area contributed by atoms with E-state index in [1.165, 1.54) is 6.07 Å². The summed E-state index contributed by atoms with van der Waals surface area (Å²) >= 11 is 26.8. The van der Waals surface area contributed by atoms with Crippen LogP contribution in [0.4, 0.5) is 0 Å². The Kier molecular flexibility index (Phi) is 4.62. The zero-order valence-corrected chi connectivity index (χ0v) is 13.2. The lowest BCUT2D eigenvalue weighted by molar-refractivity contribution is 0.463. The summed E-state index contributed by atoms with van der Waals surface area (Å²) in [7, 11) is 0. The van der Waals surface area contributed by atoms with E-state index in [0.29, 0.717) is 10.8 Å². The topological polar surface area (TPSA) is 22.1 Å². The van der Waals surface area contributed by atoms with Crippen molar-refractivity contribution < 1.29 is 4.74 Å². The molecule has 0 spiro atoms. The number of nitrogens with zero attached hydrogens (tertiary/aromatic N) is 1. The molecule has 7 heteroatoms. The Morgan fingerprint density at radius 2 is 1.67 bits per heavy atom. The summed E-state index contributed by atoms with van der Waals surface area (Å²) in [5.74, 6) is 0.572. The SMILES string of the molecule is Clc1cc(Br)ccc1Oc1nc(Cl)c(Cl)cc1Cl. The third-order valence-corrected chi connectivity index (χ3v) is 3.69. The van der Waals surface area contributed by atoms with Crippen molar-refractivity contribution in [1.29, 1.82) is 0 Å². The van der Waals surface area contributed by atoms with E-state index in [1.807, 2.05) is 0 Å². The van der Waals surface area contributed by atoms with Gasteiger partial charge in [-0.2, -0.15) is 4.98 Å². The second-order valence-corrected chi connectivity index (χ2v) is 5.72. The predicted octanol–water partition coefficient (Wildman–Crippen LogP) is 6.25. The molecule has 0 unspecified atom stereocenters. The molecule has 1 aromatic heterocycles. The molecule has 0 radical (unpaired) electrons. The van der Waals surface area contributed by atoms with E-state index in [2.05, 4.69) is 20.9 Å². The van der Waals surface area contributed by atoms with Gasteiger partial charge >= 0.3 is 0 Å². The average molecular weight is 388 g/mol. The fraction of sp³-hybridized carbons (Fsp3) is 0. The Balaban J connectivity index is 2.37. The van der Waals surface area contributed by atoms with Crippen LogP contribution in [-0.4, -0.2) is 4.98 Å². The third kappa shape index (κ3) is 3.22. The van der Waals surface area contributed by atoms with E-state index < -0.39 is 0 Å². The number of pyridine rings is 1. The number of hydrogen-bond acceptors (Lipinski definition) is 2. The second kappa shape index (κ2) is 5.85. The van der Waals surface area contributed by atoms with Crippen molar-refractivity contribution in [3.63, 3.8) is 0 Å². The largest absolute Gasteiger partial charge is 0.436 e. The highest BCUT2D eigenvalue weighted by Crippen LogP contribution is 2.36. The van der Waals surface area contributed by atoms with Gasteiger partial charge in [-0.25, -0.2) is 0 Å². The second-order valence-electron chi connectivity index (χ2n) is 3.22. The molecule has 0 fully saturated rings. The molecule has 0 amide bonds. The minimum absolute atomic E-state index is 0.115. The fourth-order valence-electron chi connectivity index (χ4n) is 1.16. The molecule has 2 aromatic rings. The first-order valence-electron chi connectivity index (χ1n) is 4.62. The third-order valence-electron chi connectivity index (χ3n) is 1.96. The van der Waals surface area contributed by atoms with Gasteiger partial charge in [-0.1, -0.05) is 62.3 Å².